The van der Waals surface area contributed by atoms with E-state index in [1.165, 1.54) is 17.8 Å². The van der Waals surface area contributed by atoms with Crippen LogP contribution in [0.5, 0.6) is 0 Å². The summed E-state index contributed by atoms with van der Waals surface area (Å²) in [6, 6.07) is 7.28. The van der Waals surface area contributed by atoms with E-state index in [0.717, 1.165) is 4.90 Å². The van der Waals surface area contributed by atoms with Crippen LogP contribution in [0.4, 0.5) is 0 Å². The molecule has 0 aliphatic carbocycles. The molecule has 4 heteroatoms. The molecule has 0 unspecified atom stereocenters. The molecule has 66 valence electrons. The van der Waals surface area contributed by atoms with Gasteiger partial charge in [-0.2, -0.15) is 5.26 Å². The van der Waals surface area contributed by atoms with Gasteiger partial charge in [0.05, 0.1) is 16.1 Å². The third kappa shape index (κ3) is 2.96. The lowest BCUT2D eigenvalue weighted by atomic mass is 10.4. The van der Waals surface area contributed by atoms with Crippen LogP contribution < -0.4 is 0 Å². The summed E-state index contributed by atoms with van der Waals surface area (Å²) in [5.74, 6) is 0. The molecule has 0 saturated carbocycles. The first kappa shape index (κ1) is 10.5. The number of hydrogen-bond donors (Lipinski definition) is 0. The Kier molecular flexibility index (Phi) is 4.17. The molecule has 0 fully saturated rings. The molecule has 0 atom stereocenters. The first-order chi connectivity index (χ1) is 6.25. The van der Waals surface area contributed by atoms with Crippen molar-refractivity contribution in [2.45, 2.75) is 4.90 Å². The smallest absolute Gasteiger partial charge is 0.0917 e. The Hall–Kier alpha value is -0.620. The number of benzene rings is 1. The minimum atomic E-state index is 0.525. The van der Waals surface area contributed by atoms with Crippen LogP contribution in [0.15, 0.2) is 34.6 Å². The molecule has 0 amide bonds. The zero-order chi connectivity index (χ0) is 9.68. The lowest BCUT2D eigenvalue weighted by Gasteiger charge is -2.00. The van der Waals surface area contributed by atoms with Crippen LogP contribution >= 0.6 is 35.0 Å². The SMILES string of the molecule is N#CC=CSc1cccc(Cl)c1Cl. The van der Waals surface area contributed by atoms with Crippen LogP contribution in [-0.2, 0) is 0 Å². The highest BCUT2D eigenvalue weighted by Gasteiger charge is 2.02. The summed E-state index contributed by atoms with van der Waals surface area (Å²) >= 11 is 13.1. The van der Waals surface area contributed by atoms with Crippen molar-refractivity contribution < 1.29 is 0 Å². The molecular weight excluding hydrogens is 225 g/mol. The van der Waals surface area contributed by atoms with Gasteiger partial charge in [0.1, 0.15) is 0 Å². The van der Waals surface area contributed by atoms with Crippen LogP contribution in [0.25, 0.3) is 0 Å². The molecule has 1 aromatic rings. The Balaban J connectivity index is 2.84. The molecule has 0 spiro atoms. The van der Waals surface area contributed by atoms with E-state index in [-0.39, 0.29) is 0 Å². The molecule has 0 aliphatic heterocycles. The van der Waals surface area contributed by atoms with Crippen molar-refractivity contribution in [1.82, 2.24) is 0 Å². The van der Waals surface area contributed by atoms with Crippen molar-refractivity contribution >= 4 is 35.0 Å². The number of allylic oxidation sites excluding steroid dienone is 1. The summed E-state index contributed by atoms with van der Waals surface area (Å²) in [5.41, 5.74) is 0. The molecule has 1 nitrogen and oxygen atoms in total. The van der Waals surface area contributed by atoms with E-state index < -0.39 is 0 Å². The largest absolute Gasteiger partial charge is 0.193 e. The van der Waals surface area contributed by atoms with Gasteiger partial charge in [-0.15, -0.1) is 0 Å². The Morgan fingerprint density at radius 3 is 2.85 bits per heavy atom. The Labute approximate surface area is 91.0 Å². The number of halogens is 2. The average molecular weight is 230 g/mol. The monoisotopic (exact) mass is 229 g/mol. The van der Waals surface area contributed by atoms with Gasteiger partial charge in [-0.3, -0.25) is 0 Å². The second-order valence-corrected chi connectivity index (χ2v) is 3.83. The standard InChI is InChI=1S/C9H5Cl2NS/c10-7-3-1-4-8(9(7)11)13-6-2-5-12/h1-4,6H. The first-order valence-electron chi connectivity index (χ1n) is 3.41. The van der Waals surface area contributed by atoms with Gasteiger partial charge in [0.25, 0.3) is 0 Å². The van der Waals surface area contributed by atoms with Gasteiger partial charge in [-0.05, 0) is 17.5 Å². The summed E-state index contributed by atoms with van der Waals surface area (Å²) in [5, 5.41) is 11.0. The van der Waals surface area contributed by atoms with Crippen molar-refractivity contribution in [2.75, 3.05) is 0 Å². The van der Waals surface area contributed by atoms with Crippen molar-refractivity contribution in [3.63, 3.8) is 0 Å². The molecule has 0 saturated heterocycles. The van der Waals surface area contributed by atoms with Gasteiger partial charge in [0, 0.05) is 11.0 Å². The van der Waals surface area contributed by atoms with Crippen LogP contribution in [0.2, 0.25) is 10.0 Å². The second-order valence-electron chi connectivity index (χ2n) is 2.10. The maximum absolute atomic E-state index is 8.26. The predicted octanol–water partition coefficient (Wildman–Crippen LogP) is 4.12. The lowest BCUT2D eigenvalue weighted by Crippen LogP contribution is -1.72. The molecule has 0 N–H and O–H groups in total. The van der Waals surface area contributed by atoms with E-state index in [2.05, 4.69) is 0 Å². The minimum Gasteiger partial charge on any atom is -0.193 e. The summed E-state index contributed by atoms with van der Waals surface area (Å²) in [4.78, 5) is 0.848. The van der Waals surface area contributed by atoms with E-state index >= 15 is 0 Å². The first-order valence-corrected chi connectivity index (χ1v) is 5.04. The minimum absolute atomic E-state index is 0.525. The number of nitriles is 1. The molecule has 1 aromatic carbocycles. The summed E-state index contributed by atoms with van der Waals surface area (Å²) < 4.78 is 0. The zero-order valence-corrected chi connectivity index (χ0v) is 8.83. The van der Waals surface area contributed by atoms with Crippen molar-refractivity contribution in [3.8, 4) is 6.07 Å². The fraction of sp³-hybridized carbons (Fsp3) is 0. The molecule has 13 heavy (non-hydrogen) atoms. The summed E-state index contributed by atoms with van der Waals surface area (Å²) in [6.07, 6.45) is 1.39. The summed E-state index contributed by atoms with van der Waals surface area (Å²) in [7, 11) is 0. The topological polar surface area (TPSA) is 23.8 Å². The van der Waals surface area contributed by atoms with Crippen LogP contribution in [0.1, 0.15) is 0 Å². The zero-order valence-electron chi connectivity index (χ0n) is 6.50. The molecular formula is C9H5Cl2NS. The normalized spacial score (nSPS) is 10.2. The van der Waals surface area contributed by atoms with Gasteiger partial charge < -0.3 is 0 Å². The van der Waals surface area contributed by atoms with Crippen LogP contribution in [0.3, 0.4) is 0 Å². The maximum atomic E-state index is 8.26. The fourth-order valence-corrected chi connectivity index (χ4v) is 1.85. The van der Waals surface area contributed by atoms with Gasteiger partial charge in [0.2, 0.25) is 0 Å². The van der Waals surface area contributed by atoms with E-state index in [0.29, 0.717) is 10.0 Å². The molecule has 0 aliphatic rings. The fourth-order valence-electron chi connectivity index (χ4n) is 0.713. The maximum Gasteiger partial charge on any atom is 0.0917 e. The van der Waals surface area contributed by atoms with Crippen molar-refractivity contribution in [2.24, 2.45) is 0 Å². The molecule has 1 rings (SSSR count). The summed E-state index contributed by atoms with van der Waals surface area (Å²) in [6.45, 7) is 0. The second kappa shape index (κ2) is 5.18. The van der Waals surface area contributed by atoms with E-state index in [1.807, 2.05) is 18.2 Å². The third-order valence-electron chi connectivity index (χ3n) is 1.25. The van der Waals surface area contributed by atoms with E-state index in [1.54, 1.807) is 11.5 Å². The lowest BCUT2D eigenvalue weighted by molar-refractivity contribution is 1.47. The highest BCUT2D eigenvalue weighted by atomic mass is 35.5. The molecule has 0 aromatic heterocycles. The van der Waals surface area contributed by atoms with E-state index in [4.69, 9.17) is 28.5 Å². The molecule has 0 heterocycles. The predicted molar refractivity (Wildman–Crippen MR) is 57.1 cm³/mol. The van der Waals surface area contributed by atoms with Gasteiger partial charge >= 0.3 is 0 Å². The average Bonchev–Trinajstić information content (AvgIpc) is 2.13. The number of thioether (sulfide) groups is 1. The Morgan fingerprint density at radius 2 is 2.15 bits per heavy atom. The van der Waals surface area contributed by atoms with Crippen LogP contribution in [0, 0.1) is 11.3 Å². The highest BCUT2D eigenvalue weighted by Crippen LogP contribution is 2.33. The Bertz CT molecular complexity index is 368. The van der Waals surface area contributed by atoms with Gasteiger partial charge in [-0.1, -0.05) is 41.0 Å². The number of hydrogen-bond acceptors (Lipinski definition) is 2. The van der Waals surface area contributed by atoms with Gasteiger partial charge in [-0.25, -0.2) is 0 Å². The number of nitrogens with zero attached hydrogens (tertiary/aromatic N) is 1. The quantitative estimate of drug-likeness (QED) is 0.563. The van der Waals surface area contributed by atoms with Crippen molar-refractivity contribution in [3.05, 3.63) is 39.7 Å². The number of rotatable bonds is 2. The van der Waals surface area contributed by atoms with Gasteiger partial charge in [0.15, 0.2) is 0 Å². The molecule has 0 bridgehead atoms. The third-order valence-corrected chi connectivity index (χ3v) is 3.05. The van der Waals surface area contributed by atoms with Crippen molar-refractivity contribution in [1.29, 1.82) is 5.26 Å². The molecule has 0 radical (unpaired) electrons. The Morgan fingerprint density at radius 1 is 1.38 bits per heavy atom. The van der Waals surface area contributed by atoms with Crippen LogP contribution in [-0.4, -0.2) is 0 Å². The van der Waals surface area contributed by atoms with E-state index in [9.17, 15) is 0 Å². The highest BCUT2D eigenvalue weighted by molar-refractivity contribution is 8.02.